The lowest BCUT2D eigenvalue weighted by Crippen LogP contribution is -2.15. The molecular formula is C4H6Cl2NO3P. The van der Waals surface area contributed by atoms with E-state index in [4.69, 9.17) is 22.5 Å². The van der Waals surface area contributed by atoms with E-state index in [0.29, 0.717) is 0 Å². The van der Waals surface area contributed by atoms with E-state index in [-0.39, 0.29) is 0 Å². The highest BCUT2D eigenvalue weighted by Gasteiger charge is 2.06. The molecule has 7 heteroatoms. The van der Waals surface area contributed by atoms with Crippen LogP contribution >= 0.6 is 28.3 Å². The van der Waals surface area contributed by atoms with E-state index in [0.717, 1.165) is 12.0 Å². The van der Waals surface area contributed by atoms with Gasteiger partial charge in [-0.25, -0.2) is 4.79 Å². The zero-order chi connectivity index (χ0) is 8.91. The summed E-state index contributed by atoms with van der Waals surface area (Å²) in [5.74, 6) is -2.26. The molecule has 1 amide bonds. The molecule has 0 bridgehead atoms. The molecule has 0 rings (SSSR count). The third-order valence-electron chi connectivity index (χ3n) is 0.635. The van der Waals surface area contributed by atoms with E-state index < -0.39 is 11.9 Å². The van der Waals surface area contributed by atoms with Gasteiger partial charge in [0, 0.05) is 12.0 Å². The highest BCUT2D eigenvalue weighted by Crippen LogP contribution is 2.57. The van der Waals surface area contributed by atoms with Crippen LogP contribution in [0.2, 0.25) is 0 Å². The Morgan fingerprint density at radius 3 is 2.55 bits per heavy atom. The molecular weight excluding hydrogens is 212 g/mol. The smallest absolute Gasteiger partial charge is 0.410 e. The minimum absolute atomic E-state index is 0.678. The summed E-state index contributed by atoms with van der Waals surface area (Å²) >= 11 is 10.2. The van der Waals surface area contributed by atoms with Crippen LogP contribution in [0.1, 0.15) is 0 Å². The monoisotopic (exact) mass is 217 g/mol. The molecule has 64 valence electrons. The first kappa shape index (κ1) is 10.8. The zero-order valence-corrected chi connectivity index (χ0v) is 7.99. The number of nitrogens with one attached hydrogen (secondary N) is 1. The molecule has 0 fully saturated rings. The number of halogens is 2. The van der Waals surface area contributed by atoms with E-state index in [1.165, 1.54) is 7.11 Å². The molecule has 0 aromatic heterocycles. The number of amides is 1. The van der Waals surface area contributed by atoms with E-state index in [2.05, 4.69) is 10.1 Å². The fourth-order valence-electron chi connectivity index (χ4n) is 0.251. The van der Waals surface area contributed by atoms with Crippen LogP contribution < -0.4 is 5.32 Å². The van der Waals surface area contributed by atoms with Crippen LogP contribution in [0.4, 0.5) is 4.79 Å². The fourth-order valence-corrected chi connectivity index (χ4v) is 0.837. The second-order valence-corrected chi connectivity index (χ2v) is 6.29. The molecule has 1 N–H and O–H groups in total. The molecule has 11 heavy (non-hydrogen) atoms. The number of alkyl carbamates (subject to hydrolysis) is 1. The van der Waals surface area contributed by atoms with Crippen LogP contribution in [0.3, 0.4) is 0 Å². The average Bonchev–Trinajstić information content (AvgIpc) is 1.85. The summed E-state index contributed by atoms with van der Waals surface area (Å²) in [6.45, 7) is 0. The third-order valence-corrected chi connectivity index (χ3v) is 1.81. The van der Waals surface area contributed by atoms with Crippen molar-refractivity contribution in [3.05, 3.63) is 12.0 Å². The molecule has 0 saturated carbocycles. The van der Waals surface area contributed by atoms with Gasteiger partial charge in [0.2, 0.25) is 0 Å². The Morgan fingerprint density at radius 1 is 1.64 bits per heavy atom. The van der Waals surface area contributed by atoms with E-state index in [9.17, 15) is 9.36 Å². The number of methoxy groups -OCH3 is 1. The van der Waals surface area contributed by atoms with Crippen LogP contribution in [0, 0.1) is 0 Å². The quantitative estimate of drug-likeness (QED) is 0.724. The van der Waals surface area contributed by atoms with Crippen molar-refractivity contribution in [2.24, 2.45) is 0 Å². The highest BCUT2D eigenvalue weighted by atomic mass is 35.9. The number of rotatable bonds is 2. The standard InChI is InChI=1S/C4H6Cl2NO3P/c1-10-4(8)7-2-3-11(5,6)9/h2-3H,1H3,(H,7,8)/b3-2+. The topological polar surface area (TPSA) is 55.4 Å². The van der Waals surface area contributed by atoms with E-state index in [1.807, 2.05) is 0 Å². The van der Waals surface area contributed by atoms with Gasteiger partial charge in [0.15, 0.2) is 0 Å². The Balaban J connectivity index is 3.79. The van der Waals surface area contributed by atoms with Crippen molar-refractivity contribution in [3.63, 3.8) is 0 Å². The van der Waals surface area contributed by atoms with Gasteiger partial charge in [0.05, 0.1) is 7.11 Å². The number of ether oxygens (including phenoxy) is 1. The zero-order valence-electron chi connectivity index (χ0n) is 5.58. The molecule has 0 aliphatic heterocycles. The van der Waals surface area contributed by atoms with Crippen LogP contribution in [0.25, 0.3) is 0 Å². The van der Waals surface area contributed by atoms with Crippen LogP contribution in [-0.2, 0) is 9.30 Å². The Morgan fingerprint density at radius 2 is 2.18 bits per heavy atom. The van der Waals surface area contributed by atoms with E-state index >= 15 is 0 Å². The summed E-state index contributed by atoms with van der Waals surface area (Å²) in [5, 5.41) is 2.11. The minimum atomic E-state index is -3.24. The lowest BCUT2D eigenvalue weighted by molar-refractivity contribution is 0.175. The maximum absolute atomic E-state index is 10.5. The van der Waals surface area contributed by atoms with Crippen LogP contribution in [0.5, 0.6) is 0 Å². The van der Waals surface area contributed by atoms with Gasteiger partial charge in [-0.1, -0.05) is 0 Å². The first-order chi connectivity index (χ1) is 4.95. The molecule has 0 spiro atoms. The van der Waals surface area contributed by atoms with Gasteiger partial charge < -0.3 is 4.74 Å². The van der Waals surface area contributed by atoms with Crippen molar-refractivity contribution >= 4 is 34.4 Å². The van der Waals surface area contributed by atoms with Crippen molar-refractivity contribution in [2.45, 2.75) is 0 Å². The van der Waals surface area contributed by atoms with E-state index in [1.54, 1.807) is 0 Å². The third kappa shape index (κ3) is 7.72. The maximum atomic E-state index is 10.5. The maximum Gasteiger partial charge on any atom is 0.410 e. The predicted octanol–water partition coefficient (Wildman–Crippen LogP) is 2.48. The number of hydrogen-bond acceptors (Lipinski definition) is 3. The summed E-state index contributed by atoms with van der Waals surface area (Å²) in [4.78, 5) is 10.3. The molecule has 0 aromatic rings. The second kappa shape index (κ2) is 4.65. The molecule has 0 aliphatic carbocycles. The molecule has 4 nitrogen and oxygen atoms in total. The highest BCUT2D eigenvalue weighted by molar-refractivity contribution is 8.10. The largest absolute Gasteiger partial charge is 0.453 e. The minimum Gasteiger partial charge on any atom is -0.453 e. The van der Waals surface area contributed by atoms with Gasteiger partial charge >= 0.3 is 6.09 Å². The first-order valence-electron chi connectivity index (χ1n) is 2.47. The van der Waals surface area contributed by atoms with Gasteiger partial charge in [-0.2, -0.15) is 0 Å². The number of carbonyl (C=O) groups excluding carboxylic acids is 1. The molecule has 0 unspecified atom stereocenters. The molecule has 0 atom stereocenters. The molecule has 0 heterocycles. The Hall–Kier alpha value is -0.180. The van der Waals surface area contributed by atoms with Crippen molar-refractivity contribution in [3.8, 4) is 0 Å². The Kier molecular flexibility index (Phi) is 4.57. The van der Waals surface area contributed by atoms with Crippen molar-refractivity contribution in [1.82, 2.24) is 5.32 Å². The van der Waals surface area contributed by atoms with Crippen molar-refractivity contribution in [2.75, 3.05) is 7.11 Å². The summed E-state index contributed by atoms with van der Waals surface area (Å²) in [7, 11) is 1.20. The number of hydrogen-bond donors (Lipinski definition) is 1. The molecule has 0 aromatic carbocycles. The Bertz CT molecular complexity index is 211. The van der Waals surface area contributed by atoms with Crippen molar-refractivity contribution < 1.29 is 14.1 Å². The van der Waals surface area contributed by atoms with Gasteiger partial charge in [-0.05, 0) is 22.5 Å². The van der Waals surface area contributed by atoms with Crippen molar-refractivity contribution in [1.29, 1.82) is 0 Å². The lowest BCUT2D eigenvalue weighted by atomic mass is 10.9. The SMILES string of the molecule is COC(=O)N/C=C/P(=O)(Cl)Cl. The second-order valence-electron chi connectivity index (χ2n) is 1.45. The summed E-state index contributed by atoms with van der Waals surface area (Å²) in [6, 6.07) is 0. The van der Waals surface area contributed by atoms with Gasteiger partial charge in [0.25, 0.3) is 5.85 Å². The van der Waals surface area contributed by atoms with Gasteiger partial charge in [-0.3, -0.25) is 9.88 Å². The number of carbonyl (C=O) groups is 1. The van der Waals surface area contributed by atoms with Crippen LogP contribution in [0.15, 0.2) is 12.0 Å². The van der Waals surface area contributed by atoms with Gasteiger partial charge in [0.1, 0.15) is 0 Å². The first-order valence-corrected chi connectivity index (χ1v) is 6.05. The summed E-state index contributed by atoms with van der Waals surface area (Å²) < 4.78 is 14.7. The lowest BCUT2D eigenvalue weighted by Gasteiger charge is -1.95. The Labute approximate surface area is 73.5 Å². The molecule has 0 saturated heterocycles. The molecule has 0 aliphatic rings. The van der Waals surface area contributed by atoms with Gasteiger partial charge in [-0.15, -0.1) is 0 Å². The summed E-state index contributed by atoms with van der Waals surface area (Å²) in [5.41, 5.74) is 0. The average molecular weight is 218 g/mol. The molecule has 0 radical (unpaired) electrons. The predicted molar refractivity (Wildman–Crippen MR) is 44.0 cm³/mol. The normalized spacial score (nSPS) is 11.5. The van der Waals surface area contributed by atoms with Crippen LogP contribution in [-0.4, -0.2) is 13.2 Å². The summed E-state index contributed by atoms with van der Waals surface area (Å²) in [6.07, 6.45) is 0.384. The fraction of sp³-hybridized carbons (Fsp3) is 0.250.